The summed E-state index contributed by atoms with van der Waals surface area (Å²) in [6.07, 6.45) is -0.978. The van der Waals surface area contributed by atoms with Crippen LogP contribution in [0.1, 0.15) is 21.5 Å². The Hall–Kier alpha value is -2.27. The summed E-state index contributed by atoms with van der Waals surface area (Å²) >= 11 is 3.43. The number of ether oxygens (including phenoxy) is 2. The van der Waals surface area contributed by atoms with E-state index in [-0.39, 0.29) is 5.78 Å². The van der Waals surface area contributed by atoms with Gasteiger partial charge in [-0.15, -0.1) is 0 Å². The van der Waals surface area contributed by atoms with Crippen LogP contribution in [0.3, 0.4) is 0 Å². The van der Waals surface area contributed by atoms with Gasteiger partial charge in [-0.05, 0) is 17.2 Å². The van der Waals surface area contributed by atoms with Crippen molar-refractivity contribution in [2.24, 2.45) is 0 Å². The van der Waals surface area contributed by atoms with Crippen molar-refractivity contribution < 1.29 is 14.3 Å². The second kappa shape index (κ2) is 9.43. The minimum atomic E-state index is -0.978. The average molecular weight is 411 g/mol. The number of carbonyl (C=O) groups is 1. The highest BCUT2D eigenvalue weighted by molar-refractivity contribution is 9.10. The maximum absolute atomic E-state index is 12.9. The number of ketones is 1. The van der Waals surface area contributed by atoms with Crippen molar-refractivity contribution in [2.45, 2.75) is 19.5 Å². The maximum atomic E-state index is 12.9. The Balaban J connectivity index is 1.74. The van der Waals surface area contributed by atoms with Gasteiger partial charge in [0.05, 0.1) is 13.2 Å². The van der Waals surface area contributed by atoms with Gasteiger partial charge in [0.1, 0.15) is 0 Å². The van der Waals surface area contributed by atoms with Gasteiger partial charge in [-0.25, -0.2) is 0 Å². The fourth-order valence-electron chi connectivity index (χ4n) is 2.48. The van der Waals surface area contributed by atoms with Crippen molar-refractivity contribution in [1.29, 1.82) is 0 Å². The number of Topliss-reactive ketones (excluding diaryl/α,β-unsaturated/α-hetero) is 1. The molecule has 3 aromatic rings. The summed E-state index contributed by atoms with van der Waals surface area (Å²) in [5, 5.41) is 0. The van der Waals surface area contributed by atoms with Crippen molar-refractivity contribution in [3.63, 3.8) is 0 Å². The lowest BCUT2D eigenvalue weighted by atomic mass is 10.1. The number of hydrogen-bond donors (Lipinski definition) is 0. The molecule has 3 rings (SSSR count). The van der Waals surface area contributed by atoms with Gasteiger partial charge < -0.3 is 9.47 Å². The van der Waals surface area contributed by atoms with Crippen LogP contribution >= 0.6 is 15.9 Å². The van der Waals surface area contributed by atoms with E-state index in [0.717, 1.165) is 15.6 Å². The molecule has 0 bridgehead atoms. The number of benzene rings is 3. The van der Waals surface area contributed by atoms with Gasteiger partial charge in [-0.2, -0.15) is 0 Å². The van der Waals surface area contributed by atoms with Crippen molar-refractivity contribution >= 4 is 21.7 Å². The molecule has 0 heterocycles. The Morgan fingerprint density at radius 1 is 0.731 bits per heavy atom. The second-order valence-corrected chi connectivity index (χ2v) is 6.62. The third-order valence-corrected chi connectivity index (χ3v) is 4.53. The summed E-state index contributed by atoms with van der Waals surface area (Å²) in [7, 11) is 0. The predicted octanol–water partition coefficient (Wildman–Crippen LogP) is 5.39. The summed E-state index contributed by atoms with van der Waals surface area (Å²) < 4.78 is 12.4. The van der Waals surface area contributed by atoms with Crippen molar-refractivity contribution in [1.82, 2.24) is 0 Å². The van der Waals surface area contributed by atoms with Crippen LogP contribution in [-0.2, 0) is 22.7 Å². The molecule has 0 saturated heterocycles. The molecule has 26 heavy (non-hydrogen) atoms. The summed E-state index contributed by atoms with van der Waals surface area (Å²) in [5.41, 5.74) is 2.51. The largest absolute Gasteiger partial charge is 0.341 e. The maximum Gasteiger partial charge on any atom is 0.223 e. The molecule has 0 atom stereocenters. The van der Waals surface area contributed by atoms with Crippen LogP contribution in [0.25, 0.3) is 0 Å². The third kappa shape index (κ3) is 5.11. The molecular weight excluding hydrogens is 392 g/mol. The molecule has 0 N–H and O–H groups in total. The van der Waals surface area contributed by atoms with E-state index < -0.39 is 6.29 Å². The highest BCUT2D eigenvalue weighted by atomic mass is 79.9. The lowest BCUT2D eigenvalue weighted by Gasteiger charge is -2.18. The minimum absolute atomic E-state index is 0.204. The molecule has 3 nitrogen and oxygen atoms in total. The topological polar surface area (TPSA) is 35.5 Å². The average Bonchev–Trinajstić information content (AvgIpc) is 2.69. The van der Waals surface area contributed by atoms with Crippen molar-refractivity contribution in [3.8, 4) is 0 Å². The second-order valence-electron chi connectivity index (χ2n) is 5.77. The fraction of sp³-hybridized carbons (Fsp3) is 0.136. The Kier molecular flexibility index (Phi) is 6.72. The van der Waals surface area contributed by atoms with Gasteiger partial charge >= 0.3 is 0 Å². The summed E-state index contributed by atoms with van der Waals surface area (Å²) in [5.74, 6) is -0.204. The van der Waals surface area contributed by atoms with E-state index >= 15 is 0 Å². The quantitative estimate of drug-likeness (QED) is 0.368. The Labute approximate surface area is 161 Å². The van der Waals surface area contributed by atoms with E-state index in [1.165, 1.54) is 0 Å². The predicted molar refractivity (Wildman–Crippen MR) is 105 cm³/mol. The van der Waals surface area contributed by atoms with Crippen LogP contribution in [0.5, 0.6) is 0 Å². The number of carbonyl (C=O) groups excluding carboxylic acids is 1. The number of halogens is 1. The molecule has 0 radical (unpaired) electrons. The Bertz CT molecular complexity index is 791. The van der Waals surface area contributed by atoms with E-state index in [0.29, 0.717) is 18.8 Å². The fourth-order valence-corrected chi connectivity index (χ4v) is 2.96. The molecule has 0 aliphatic heterocycles. The molecule has 0 saturated carbocycles. The normalized spacial score (nSPS) is 10.8. The molecule has 132 valence electrons. The van der Waals surface area contributed by atoms with Gasteiger partial charge in [-0.1, -0.05) is 94.8 Å². The molecule has 0 aliphatic rings. The molecular formula is C22H19BrO3. The van der Waals surface area contributed by atoms with Crippen molar-refractivity contribution in [2.75, 3.05) is 0 Å². The first-order chi connectivity index (χ1) is 12.7. The lowest BCUT2D eigenvalue weighted by Crippen LogP contribution is -2.28. The zero-order valence-electron chi connectivity index (χ0n) is 14.2. The first-order valence-electron chi connectivity index (χ1n) is 8.34. The Morgan fingerprint density at radius 2 is 1.19 bits per heavy atom. The highest BCUT2D eigenvalue weighted by Gasteiger charge is 2.23. The molecule has 0 fully saturated rings. The number of rotatable bonds is 8. The summed E-state index contributed by atoms with van der Waals surface area (Å²) in [4.78, 5) is 12.9. The number of hydrogen-bond acceptors (Lipinski definition) is 3. The van der Waals surface area contributed by atoms with E-state index in [4.69, 9.17) is 9.47 Å². The van der Waals surface area contributed by atoms with Gasteiger partial charge in [0.2, 0.25) is 12.1 Å². The SMILES string of the molecule is O=C(c1ccccc1Br)C(OCc1ccccc1)OCc1ccccc1. The summed E-state index contributed by atoms with van der Waals surface area (Å²) in [6.45, 7) is 0.604. The van der Waals surface area contributed by atoms with Crippen LogP contribution in [0.15, 0.2) is 89.4 Å². The first-order valence-corrected chi connectivity index (χ1v) is 9.13. The van der Waals surface area contributed by atoms with Crippen LogP contribution in [0.2, 0.25) is 0 Å². The standard InChI is InChI=1S/C22H19BrO3/c23-20-14-8-7-13-19(20)21(24)22(25-15-17-9-3-1-4-10-17)26-16-18-11-5-2-6-12-18/h1-14,22H,15-16H2. The van der Waals surface area contributed by atoms with E-state index in [2.05, 4.69) is 15.9 Å². The minimum Gasteiger partial charge on any atom is -0.341 e. The molecule has 0 aromatic heterocycles. The van der Waals surface area contributed by atoms with Gasteiger partial charge in [0, 0.05) is 10.0 Å². The van der Waals surface area contributed by atoms with Crippen molar-refractivity contribution in [3.05, 3.63) is 106 Å². The zero-order chi connectivity index (χ0) is 18.2. The van der Waals surface area contributed by atoms with Gasteiger partial charge in [-0.3, -0.25) is 4.79 Å². The third-order valence-electron chi connectivity index (χ3n) is 3.84. The van der Waals surface area contributed by atoms with E-state index in [1.807, 2.05) is 78.9 Å². The molecule has 0 amide bonds. The van der Waals surface area contributed by atoms with Gasteiger partial charge in [0.15, 0.2) is 0 Å². The van der Waals surface area contributed by atoms with Crippen LogP contribution in [0, 0.1) is 0 Å². The molecule has 0 aliphatic carbocycles. The van der Waals surface area contributed by atoms with E-state index in [9.17, 15) is 4.79 Å². The Morgan fingerprint density at radius 3 is 1.69 bits per heavy atom. The molecule has 4 heteroatoms. The van der Waals surface area contributed by atoms with Crippen LogP contribution < -0.4 is 0 Å². The summed E-state index contributed by atoms with van der Waals surface area (Å²) in [6, 6.07) is 26.7. The van der Waals surface area contributed by atoms with E-state index in [1.54, 1.807) is 6.07 Å². The zero-order valence-corrected chi connectivity index (χ0v) is 15.8. The monoisotopic (exact) mass is 410 g/mol. The molecule has 0 unspecified atom stereocenters. The van der Waals surface area contributed by atoms with Crippen LogP contribution in [0.4, 0.5) is 0 Å². The molecule has 0 spiro atoms. The highest BCUT2D eigenvalue weighted by Crippen LogP contribution is 2.20. The molecule has 3 aromatic carbocycles. The van der Waals surface area contributed by atoms with Crippen LogP contribution in [-0.4, -0.2) is 12.1 Å². The smallest absolute Gasteiger partial charge is 0.223 e. The first kappa shape index (κ1) is 18.5. The lowest BCUT2D eigenvalue weighted by molar-refractivity contribution is -0.128. The van der Waals surface area contributed by atoms with Gasteiger partial charge in [0.25, 0.3) is 0 Å².